The zero-order chi connectivity index (χ0) is 24.5. The molecule has 0 fully saturated rings. The lowest BCUT2D eigenvalue weighted by Crippen LogP contribution is -2.46. The smallest absolute Gasteiger partial charge is 0.326 e. The molecule has 2 amide bonds. The average molecular weight is 491 g/mol. The molecule has 3 aromatic carbocycles. The van der Waals surface area contributed by atoms with Gasteiger partial charge in [-0.15, -0.1) is 11.8 Å². The number of benzene rings is 3. The molecule has 1 aliphatic heterocycles. The van der Waals surface area contributed by atoms with E-state index in [0.717, 1.165) is 10.5 Å². The van der Waals surface area contributed by atoms with Crippen LogP contribution in [0.25, 0.3) is 17.0 Å². The first kappa shape index (κ1) is 22.8. The Hall–Kier alpha value is -3.98. The minimum absolute atomic E-state index is 0.216. The monoisotopic (exact) mass is 490 g/mol. The summed E-state index contributed by atoms with van der Waals surface area (Å²) in [7, 11) is 0. The minimum Gasteiger partial charge on any atom is -0.334 e. The van der Waals surface area contributed by atoms with Crippen molar-refractivity contribution in [1.29, 1.82) is 0 Å². The Labute approximate surface area is 204 Å². The van der Waals surface area contributed by atoms with E-state index in [-0.39, 0.29) is 11.7 Å². The second-order valence-electron chi connectivity index (χ2n) is 7.90. The molecule has 0 radical (unpaired) electrons. The van der Waals surface area contributed by atoms with E-state index in [4.69, 9.17) is 4.52 Å². The van der Waals surface area contributed by atoms with E-state index < -0.39 is 17.9 Å². The zero-order valence-corrected chi connectivity index (χ0v) is 19.6. The summed E-state index contributed by atoms with van der Waals surface area (Å²) in [5, 5.41) is 7.10. The molecule has 6 nitrogen and oxygen atoms in total. The first-order valence-electron chi connectivity index (χ1n) is 10.8. The van der Waals surface area contributed by atoms with Gasteiger partial charge < -0.3 is 9.84 Å². The van der Waals surface area contributed by atoms with Gasteiger partial charge in [-0.3, -0.25) is 4.90 Å². The quantitative estimate of drug-likeness (QED) is 0.326. The van der Waals surface area contributed by atoms with Crippen LogP contribution < -0.4 is 10.2 Å². The highest BCUT2D eigenvalue weighted by Crippen LogP contribution is 2.39. The molecule has 0 saturated carbocycles. The summed E-state index contributed by atoms with van der Waals surface area (Å²) >= 11 is 1.63. The molecule has 5 rings (SSSR count). The lowest BCUT2D eigenvalue weighted by Gasteiger charge is -2.35. The Bertz CT molecular complexity index is 1400. The van der Waals surface area contributed by atoms with Crippen LogP contribution in [0.3, 0.4) is 0 Å². The molecule has 1 N–H and O–H groups in total. The number of hydrogen-bond donors (Lipinski definition) is 1. The SMILES string of the molecule is CSc1ccc(-c2noc(C3=C(C)N(c4ccc(F)cc4)C(=O)NC3c3ccc(F)cc3)n2)cc1. The highest BCUT2D eigenvalue weighted by molar-refractivity contribution is 7.98. The number of nitrogens with one attached hydrogen (secondary N) is 1. The summed E-state index contributed by atoms with van der Waals surface area (Å²) in [6.45, 7) is 1.76. The molecule has 4 aromatic rings. The predicted molar refractivity (Wildman–Crippen MR) is 131 cm³/mol. The summed E-state index contributed by atoms with van der Waals surface area (Å²) < 4.78 is 32.8. The van der Waals surface area contributed by atoms with Gasteiger partial charge in [0.1, 0.15) is 11.6 Å². The third-order valence-corrected chi connectivity index (χ3v) is 6.52. The molecular formula is C26H20F2N4O2S. The molecule has 1 unspecified atom stereocenters. The van der Waals surface area contributed by atoms with Crippen molar-refractivity contribution in [3.63, 3.8) is 0 Å². The number of rotatable bonds is 5. The van der Waals surface area contributed by atoms with Crippen molar-refractivity contribution in [2.45, 2.75) is 17.9 Å². The van der Waals surface area contributed by atoms with Crippen LogP contribution in [0, 0.1) is 11.6 Å². The Morgan fingerprint density at radius 1 is 0.943 bits per heavy atom. The standard InChI is InChI=1S/C26H20F2N4O2S/c1-15-22(25-30-24(31-34-25)17-5-13-21(35-2)14-6-17)23(16-3-7-18(27)8-4-16)29-26(33)32(15)20-11-9-19(28)10-12-20/h3-14,23H,1-2H3,(H,29,33). The van der Waals surface area contributed by atoms with Gasteiger partial charge in [0.15, 0.2) is 0 Å². The van der Waals surface area contributed by atoms with E-state index in [9.17, 15) is 13.6 Å². The van der Waals surface area contributed by atoms with Crippen LogP contribution >= 0.6 is 11.8 Å². The van der Waals surface area contributed by atoms with Crippen LogP contribution in [0.5, 0.6) is 0 Å². The van der Waals surface area contributed by atoms with Gasteiger partial charge in [-0.1, -0.05) is 17.3 Å². The second-order valence-corrected chi connectivity index (χ2v) is 8.78. The van der Waals surface area contributed by atoms with Gasteiger partial charge in [-0.2, -0.15) is 4.98 Å². The molecule has 1 atom stereocenters. The topological polar surface area (TPSA) is 71.3 Å². The molecule has 0 saturated heterocycles. The van der Waals surface area contributed by atoms with Gasteiger partial charge >= 0.3 is 6.03 Å². The van der Waals surface area contributed by atoms with Crippen molar-refractivity contribution in [3.8, 4) is 11.4 Å². The van der Waals surface area contributed by atoms with Gasteiger partial charge in [-0.05, 0) is 79.4 Å². The van der Waals surface area contributed by atoms with Gasteiger partial charge in [0.25, 0.3) is 5.89 Å². The van der Waals surface area contributed by atoms with Crippen molar-refractivity contribution in [3.05, 3.63) is 102 Å². The Morgan fingerprint density at radius 2 is 1.57 bits per heavy atom. The van der Waals surface area contributed by atoms with E-state index in [2.05, 4.69) is 15.5 Å². The number of halogens is 2. The number of allylic oxidation sites excluding steroid dienone is 1. The highest BCUT2D eigenvalue weighted by Gasteiger charge is 2.36. The van der Waals surface area contributed by atoms with Crippen molar-refractivity contribution in [2.75, 3.05) is 11.2 Å². The largest absolute Gasteiger partial charge is 0.334 e. The Kier molecular flexibility index (Phi) is 6.08. The first-order chi connectivity index (χ1) is 16.9. The number of nitrogens with zero attached hydrogens (tertiary/aromatic N) is 3. The van der Waals surface area contributed by atoms with Gasteiger partial charge in [0.05, 0.1) is 17.3 Å². The third-order valence-electron chi connectivity index (χ3n) is 5.78. The maximum Gasteiger partial charge on any atom is 0.326 e. The molecule has 35 heavy (non-hydrogen) atoms. The maximum absolute atomic E-state index is 13.6. The number of carbonyl (C=O) groups is 1. The van der Waals surface area contributed by atoms with Crippen molar-refractivity contribution in [1.82, 2.24) is 15.5 Å². The van der Waals surface area contributed by atoms with E-state index in [1.165, 1.54) is 41.3 Å². The normalized spacial score (nSPS) is 15.9. The Morgan fingerprint density at radius 3 is 2.20 bits per heavy atom. The van der Waals surface area contributed by atoms with E-state index in [1.807, 2.05) is 30.5 Å². The zero-order valence-electron chi connectivity index (χ0n) is 18.8. The van der Waals surface area contributed by atoms with Crippen molar-refractivity contribution < 1.29 is 18.1 Å². The number of thioether (sulfide) groups is 1. The van der Waals surface area contributed by atoms with Crippen LogP contribution in [-0.4, -0.2) is 22.4 Å². The van der Waals surface area contributed by atoms with Crippen LogP contribution in [0.4, 0.5) is 19.3 Å². The lowest BCUT2D eigenvalue weighted by molar-refractivity contribution is 0.244. The fraction of sp³-hybridized carbons (Fsp3) is 0.115. The molecule has 0 bridgehead atoms. The molecule has 9 heteroatoms. The Balaban J connectivity index is 1.62. The summed E-state index contributed by atoms with van der Waals surface area (Å²) in [4.78, 5) is 20.3. The number of hydrogen-bond acceptors (Lipinski definition) is 5. The van der Waals surface area contributed by atoms with E-state index >= 15 is 0 Å². The first-order valence-corrected chi connectivity index (χ1v) is 12.0. The molecular weight excluding hydrogens is 470 g/mol. The number of aromatic nitrogens is 2. The average Bonchev–Trinajstić information content (AvgIpc) is 3.35. The number of urea groups is 1. The molecule has 0 spiro atoms. The predicted octanol–water partition coefficient (Wildman–Crippen LogP) is 6.44. The fourth-order valence-corrected chi connectivity index (χ4v) is 4.42. The summed E-state index contributed by atoms with van der Waals surface area (Å²) in [6, 6.07) is 18.1. The molecule has 2 heterocycles. The summed E-state index contributed by atoms with van der Waals surface area (Å²) in [6.07, 6.45) is 2.00. The molecule has 176 valence electrons. The van der Waals surface area contributed by atoms with Crippen LogP contribution in [-0.2, 0) is 0 Å². The fourth-order valence-electron chi connectivity index (χ4n) is 4.02. The lowest BCUT2D eigenvalue weighted by atomic mass is 9.94. The number of anilines is 1. The highest BCUT2D eigenvalue weighted by atomic mass is 32.2. The third kappa shape index (κ3) is 4.42. The minimum atomic E-state index is -0.660. The maximum atomic E-state index is 13.6. The van der Waals surface area contributed by atoms with E-state index in [1.54, 1.807) is 30.8 Å². The van der Waals surface area contributed by atoms with E-state index in [0.29, 0.717) is 28.3 Å². The van der Waals surface area contributed by atoms with Crippen molar-refractivity contribution in [2.24, 2.45) is 0 Å². The summed E-state index contributed by atoms with van der Waals surface area (Å²) in [5.41, 5.74) is 2.99. The molecule has 1 aromatic heterocycles. The number of amides is 2. The molecule has 0 aliphatic carbocycles. The second kappa shape index (κ2) is 9.34. The van der Waals surface area contributed by atoms with Crippen LogP contribution in [0.1, 0.15) is 24.4 Å². The van der Waals surface area contributed by atoms with Gasteiger partial charge in [0, 0.05) is 16.2 Å². The van der Waals surface area contributed by atoms with Crippen LogP contribution in [0.15, 0.2) is 87.9 Å². The number of carbonyl (C=O) groups excluding carboxylic acids is 1. The van der Waals surface area contributed by atoms with Crippen molar-refractivity contribution >= 4 is 29.1 Å². The van der Waals surface area contributed by atoms with Crippen LogP contribution in [0.2, 0.25) is 0 Å². The van der Waals surface area contributed by atoms with Gasteiger partial charge in [0.2, 0.25) is 5.82 Å². The van der Waals surface area contributed by atoms with Gasteiger partial charge in [-0.25, -0.2) is 13.6 Å². The molecule has 1 aliphatic rings. The summed E-state index contributed by atoms with van der Waals surface area (Å²) in [5.74, 6) is -0.185.